The van der Waals surface area contributed by atoms with Crippen molar-refractivity contribution in [2.45, 2.75) is 97.0 Å². The summed E-state index contributed by atoms with van der Waals surface area (Å²) in [4.78, 5) is 0. The highest BCUT2D eigenvalue weighted by atomic mass is 19.3. The van der Waals surface area contributed by atoms with Crippen LogP contribution >= 0.6 is 0 Å². The van der Waals surface area contributed by atoms with Gasteiger partial charge in [0.05, 0.1) is 0 Å². The second-order valence-electron chi connectivity index (χ2n) is 9.82. The number of ether oxygens (including phenoxy) is 1. The molecule has 1 aromatic carbocycles. The summed E-state index contributed by atoms with van der Waals surface area (Å²) in [7, 11) is 0. The lowest BCUT2D eigenvalue weighted by Gasteiger charge is -2.38. The van der Waals surface area contributed by atoms with Crippen molar-refractivity contribution in [2.75, 3.05) is 0 Å². The highest BCUT2D eigenvalue weighted by Crippen LogP contribution is 2.43. The molecule has 3 rings (SSSR count). The number of benzene rings is 1. The van der Waals surface area contributed by atoms with E-state index in [4.69, 9.17) is 0 Å². The van der Waals surface area contributed by atoms with Crippen LogP contribution < -0.4 is 4.74 Å². The maximum absolute atomic E-state index is 13.9. The lowest BCUT2D eigenvalue weighted by Crippen LogP contribution is -2.26. The van der Waals surface area contributed by atoms with Crippen LogP contribution in [0.1, 0.15) is 89.5 Å². The van der Waals surface area contributed by atoms with Gasteiger partial charge in [-0.1, -0.05) is 44.8 Å². The third kappa shape index (κ3) is 7.52. The van der Waals surface area contributed by atoms with Crippen LogP contribution in [0.25, 0.3) is 0 Å². The molecule has 0 radical (unpaired) electrons. The Morgan fingerprint density at radius 1 is 0.844 bits per heavy atom. The van der Waals surface area contributed by atoms with Crippen molar-refractivity contribution in [3.8, 4) is 5.75 Å². The second kappa shape index (κ2) is 12.6. The Balaban J connectivity index is 1.37. The zero-order valence-corrected chi connectivity index (χ0v) is 19.3. The van der Waals surface area contributed by atoms with Crippen molar-refractivity contribution in [1.29, 1.82) is 0 Å². The number of aryl methyl sites for hydroxylation is 1. The first-order valence-electron chi connectivity index (χ1n) is 12.5. The summed E-state index contributed by atoms with van der Waals surface area (Å²) in [6, 6.07) is 2.26. The summed E-state index contributed by atoms with van der Waals surface area (Å²) in [6.45, 7) is -1.06. The quantitative estimate of drug-likeness (QED) is 0.253. The lowest BCUT2D eigenvalue weighted by atomic mass is 9.68. The molecule has 32 heavy (non-hydrogen) atoms. The molecule has 0 N–H and O–H groups in total. The van der Waals surface area contributed by atoms with Gasteiger partial charge in [-0.15, -0.1) is 0 Å². The molecule has 0 atom stereocenters. The molecule has 0 amide bonds. The molecule has 0 saturated heterocycles. The topological polar surface area (TPSA) is 9.23 Å². The van der Waals surface area contributed by atoms with Crippen LogP contribution in [0, 0.1) is 35.3 Å². The third-order valence-corrected chi connectivity index (χ3v) is 7.70. The number of alkyl halides is 2. The van der Waals surface area contributed by atoms with Gasteiger partial charge in [-0.25, -0.2) is 8.78 Å². The van der Waals surface area contributed by atoms with Gasteiger partial charge in [0.2, 0.25) is 0 Å². The van der Waals surface area contributed by atoms with Gasteiger partial charge in [0, 0.05) is 0 Å². The minimum absolute atomic E-state index is 0.510. The number of hydrogen-bond donors (Lipinski definition) is 0. The van der Waals surface area contributed by atoms with E-state index in [-0.39, 0.29) is 0 Å². The zero-order valence-electron chi connectivity index (χ0n) is 19.3. The molecule has 5 heteroatoms. The summed E-state index contributed by atoms with van der Waals surface area (Å²) in [6.07, 6.45) is 20.2. The van der Waals surface area contributed by atoms with E-state index in [1.54, 1.807) is 0 Å². The van der Waals surface area contributed by atoms with Crippen LogP contribution in [0.4, 0.5) is 17.6 Å². The Labute approximate surface area is 190 Å². The molecule has 0 aliphatic heterocycles. The number of hydrogen-bond acceptors (Lipinski definition) is 1. The minimum Gasteiger partial charge on any atom is -0.429 e. The standard InChI is InChI=1S/C27H38F4O/c1-2-3-4-5-6-19-9-13-22(14-10-19)23-15-11-20(12-16-23)7-8-21-17-24(28)26(25(29)18-21)32-27(30)31/h3-4,17-20,22-23,27H,2,5-16H2,1H3/b4-3+/t19-,20-,22-,23-. The number of allylic oxidation sites excluding steroid dienone is 2. The van der Waals surface area contributed by atoms with Crippen molar-refractivity contribution in [3.63, 3.8) is 0 Å². The molecule has 0 unspecified atom stereocenters. The predicted molar refractivity (Wildman–Crippen MR) is 121 cm³/mol. The number of halogens is 4. The smallest absolute Gasteiger partial charge is 0.387 e. The van der Waals surface area contributed by atoms with Gasteiger partial charge in [0.25, 0.3) is 0 Å². The van der Waals surface area contributed by atoms with Crippen molar-refractivity contribution in [1.82, 2.24) is 0 Å². The highest BCUT2D eigenvalue weighted by molar-refractivity contribution is 5.31. The molecule has 1 aromatic rings. The van der Waals surface area contributed by atoms with Gasteiger partial charge in [-0.3, -0.25) is 0 Å². The average molecular weight is 455 g/mol. The normalized spacial score (nSPS) is 26.7. The summed E-state index contributed by atoms with van der Waals surface area (Å²) < 4.78 is 56.3. The molecule has 2 saturated carbocycles. The van der Waals surface area contributed by atoms with E-state index >= 15 is 0 Å². The van der Waals surface area contributed by atoms with Crippen LogP contribution in [0.2, 0.25) is 0 Å². The third-order valence-electron chi connectivity index (χ3n) is 7.70. The van der Waals surface area contributed by atoms with E-state index in [0.717, 1.165) is 42.7 Å². The average Bonchev–Trinajstić information content (AvgIpc) is 2.78. The summed E-state index contributed by atoms with van der Waals surface area (Å²) >= 11 is 0. The molecule has 0 aromatic heterocycles. The Morgan fingerprint density at radius 2 is 1.38 bits per heavy atom. The van der Waals surface area contributed by atoms with E-state index in [9.17, 15) is 17.6 Å². The molecular weight excluding hydrogens is 416 g/mol. The van der Waals surface area contributed by atoms with Crippen molar-refractivity contribution >= 4 is 0 Å². The first-order chi connectivity index (χ1) is 15.5. The fourth-order valence-electron chi connectivity index (χ4n) is 5.84. The zero-order chi connectivity index (χ0) is 22.9. The monoisotopic (exact) mass is 454 g/mol. The fourth-order valence-corrected chi connectivity index (χ4v) is 5.84. The predicted octanol–water partition coefficient (Wildman–Crippen LogP) is 8.86. The van der Waals surface area contributed by atoms with Crippen LogP contribution in [0.5, 0.6) is 5.75 Å². The van der Waals surface area contributed by atoms with Gasteiger partial charge in [-0.2, -0.15) is 8.78 Å². The molecule has 180 valence electrons. The van der Waals surface area contributed by atoms with Gasteiger partial charge in [0.15, 0.2) is 17.4 Å². The van der Waals surface area contributed by atoms with Crippen LogP contribution in [0.15, 0.2) is 24.3 Å². The van der Waals surface area contributed by atoms with Crippen molar-refractivity contribution in [2.24, 2.45) is 23.7 Å². The van der Waals surface area contributed by atoms with Crippen LogP contribution in [0.3, 0.4) is 0 Å². The van der Waals surface area contributed by atoms with Gasteiger partial charge >= 0.3 is 6.61 Å². The van der Waals surface area contributed by atoms with Crippen molar-refractivity contribution < 1.29 is 22.3 Å². The van der Waals surface area contributed by atoms with Gasteiger partial charge in [-0.05, 0) is 99.2 Å². The van der Waals surface area contributed by atoms with E-state index < -0.39 is 24.0 Å². The van der Waals surface area contributed by atoms with Crippen LogP contribution in [-0.4, -0.2) is 6.61 Å². The number of rotatable bonds is 10. The molecule has 2 aliphatic carbocycles. The minimum atomic E-state index is -3.24. The van der Waals surface area contributed by atoms with E-state index in [0.29, 0.717) is 17.9 Å². The molecular formula is C27H38F4O. The largest absolute Gasteiger partial charge is 0.429 e. The Kier molecular flexibility index (Phi) is 9.92. The van der Waals surface area contributed by atoms with E-state index in [1.807, 2.05) is 0 Å². The van der Waals surface area contributed by atoms with Crippen LogP contribution in [-0.2, 0) is 6.42 Å². The summed E-state index contributed by atoms with van der Waals surface area (Å²) in [5, 5.41) is 0. The maximum Gasteiger partial charge on any atom is 0.387 e. The first kappa shape index (κ1) is 25.1. The van der Waals surface area contributed by atoms with Crippen molar-refractivity contribution in [3.05, 3.63) is 41.5 Å². The van der Waals surface area contributed by atoms with Gasteiger partial charge in [0.1, 0.15) is 0 Å². The molecule has 2 fully saturated rings. The molecule has 1 nitrogen and oxygen atoms in total. The molecule has 0 spiro atoms. The molecule has 0 bridgehead atoms. The summed E-state index contributed by atoms with van der Waals surface area (Å²) in [5.74, 6) is 0.105. The van der Waals surface area contributed by atoms with E-state index in [1.165, 1.54) is 64.2 Å². The Morgan fingerprint density at radius 3 is 1.88 bits per heavy atom. The van der Waals surface area contributed by atoms with E-state index in [2.05, 4.69) is 23.8 Å². The fraction of sp³-hybridized carbons (Fsp3) is 0.704. The molecule has 0 heterocycles. The molecule has 2 aliphatic rings. The SMILES string of the molecule is CC/C=C/CC[C@H]1CC[C@H]([C@H]2CC[C@H](CCc3cc(F)c(OC(F)F)c(F)c3)CC2)CC1. The highest BCUT2D eigenvalue weighted by Gasteiger charge is 2.30. The maximum atomic E-state index is 13.9. The Hall–Kier alpha value is -1.52. The summed E-state index contributed by atoms with van der Waals surface area (Å²) in [5.41, 5.74) is 0.510. The first-order valence-corrected chi connectivity index (χ1v) is 12.5. The van der Waals surface area contributed by atoms with Gasteiger partial charge < -0.3 is 4.74 Å². The Bertz CT molecular complexity index is 693. The second-order valence-corrected chi connectivity index (χ2v) is 9.82. The lowest BCUT2D eigenvalue weighted by molar-refractivity contribution is -0.0546.